The van der Waals surface area contributed by atoms with Crippen molar-refractivity contribution >= 4 is 49.6 Å². The molecule has 15 rings (SSSR count). The molecule has 0 radical (unpaired) electrons. The first-order valence-corrected chi connectivity index (χ1v) is 27.3. The molecule has 79 heavy (non-hydrogen) atoms. The van der Waals surface area contributed by atoms with E-state index in [1.54, 1.807) is 0 Å². The highest BCUT2D eigenvalue weighted by Gasteiger charge is 2.47. The number of anilines is 3. The Hall–Kier alpha value is -10.3. The molecule has 0 unspecified atom stereocenters. The highest BCUT2D eigenvalue weighted by atomic mass is 15.1. The maximum atomic E-state index is 2.54. The van der Waals surface area contributed by atoms with Crippen LogP contribution in [0.4, 0.5) is 17.1 Å². The summed E-state index contributed by atoms with van der Waals surface area (Å²) in [5.74, 6) is 0. The van der Waals surface area contributed by atoms with Gasteiger partial charge in [0.1, 0.15) is 0 Å². The molecule has 2 nitrogen and oxygen atoms in total. The third-order valence-electron chi connectivity index (χ3n) is 16.5. The highest BCUT2D eigenvalue weighted by Crippen LogP contribution is 2.59. The standard InChI is InChI=1S/C77H52N2/c1-5-26-53(27-6-1)60-42-22-28-54-29-23-44-64(74(54)60)62-38-14-18-48-70(62)79(59-37-21-30-55(52-59)61-43-25-51-73-76(61)67-41-16-20-50-72(67)78(73)58-35-11-4-12-36-58)71-49-19-15-39-63(71)65-45-24-47-69-75(65)66-40-13-17-46-68(66)77(69,56-31-7-2-8-32-56)57-33-9-3-10-34-57/h1-52H. The summed E-state index contributed by atoms with van der Waals surface area (Å²) < 4.78 is 2.41. The molecule has 13 aromatic carbocycles. The van der Waals surface area contributed by atoms with E-state index in [4.69, 9.17) is 0 Å². The summed E-state index contributed by atoms with van der Waals surface area (Å²) >= 11 is 0. The Morgan fingerprint density at radius 3 is 1.47 bits per heavy atom. The van der Waals surface area contributed by atoms with Crippen molar-refractivity contribution in [1.29, 1.82) is 0 Å². The van der Waals surface area contributed by atoms with Crippen molar-refractivity contribution in [2.24, 2.45) is 0 Å². The van der Waals surface area contributed by atoms with E-state index in [1.165, 1.54) is 93.8 Å². The lowest BCUT2D eigenvalue weighted by Crippen LogP contribution is -2.28. The molecule has 0 aliphatic heterocycles. The van der Waals surface area contributed by atoms with Gasteiger partial charge in [0.05, 0.1) is 27.8 Å². The first kappa shape index (κ1) is 46.1. The lowest BCUT2D eigenvalue weighted by molar-refractivity contribution is 0.768. The Balaban J connectivity index is 1.00. The van der Waals surface area contributed by atoms with Gasteiger partial charge >= 0.3 is 0 Å². The van der Waals surface area contributed by atoms with Crippen LogP contribution in [0.15, 0.2) is 315 Å². The molecule has 0 saturated heterocycles. The van der Waals surface area contributed by atoms with Gasteiger partial charge < -0.3 is 9.47 Å². The van der Waals surface area contributed by atoms with Crippen LogP contribution in [0.3, 0.4) is 0 Å². The molecule has 0 amide bonds. The molecular weight excluding hydrogens is 953 g/mol. The van der Waals surface area contributed by atoms with Gasteiger partial charge in [0.15, 0.2) is 0 Å². The molecule has 0 atom stereocenters. The van der Waals surface area contributed by atoms with Crippen LogP contribution in [0.2, 0.25) is 0 Å². The second-order valence-electron chi connectivity index (χ2n) is 20.6. The fourth-order valence-corrected chi connectivity index (χ4v) is 13.3. The Labute approximate surface area is 461 Å². The van der Waals surface area contributed by atoms with Crippen LogP contribution in [0.5, 0.6) is 0 Å². The topological polar surface area (TPSA) is 8.17 Å². The molecule has 0 N–H and O–H groups in total. The molecule has 0 spiro atoms. The van der Waals surface area contributed by atoms with E-state index < -0.39 is 5.41 Å². The quantitative estimate of drug-likeness (QED) is 0.133. The Morgan fingerprint density at radius 2 is 0.759 bits per heavy atom. The normalized spacial score (nSPS) is 12.4. The third-order valence-corrected chi connectivity index (χ3v) is 16.5. The molecular formula is C77H52N2. The molecule has 0 saturated carbocycles. The Bertz CT molecular complexity index is 4550. The predicted octanol–water partition coefficient (Wildman–Crippen LogP) is 20.4. The van der Waals surface area contributed by atoms with Gasteiger partial charge in [0.2, 0.25) is 0 Å². The third kappa shape index (κ3) is 7.33. The molecule has 1 aliphatic carbocycles. The van der Waals surface area contributed by atoms with Gasteiger partial charge in [-0.3, -0.25) is 0 Å². The van der Waals surface area contributed by atoms with Crippen LogP contribution < -0.4 is 4.90 Å². The smallest absolute Gasteiger partial charge is 0.0713 e. The van der Waals surface area contributed by atoms with E-state index in [-0.39, 0.29) is 0 Å². The Kier molecular flexibility index (Phi) is 11.1. The van der Waals surface area contributed by atoms with Gasteiger partial charge in [-0.1, -0.05) is 267 Å². The molecule has 1 heterocycles. The van der Waals surface area contributed by atoms with Crippen LogP contribution in [-0.2, 0) is 5.41 Å². The number of hydrogen-bond donors (Lipinski definition) is 0. The van der Waals surface area contributed by atoms with Crippen molar-refractivity contribution in [3.05, 3.63) is 338 Å². The maximum absolute atomic E-state index is 2.54. The lowest BCUT2D eigenvalue weighted by Gasteiger charge is -2.34. The summed E-state index contributed by atoms with van der Waals surface area (Å²) in [5.41, 5.74) is 23.1. The minimum Gasteiger partial charge on any atom is -0.309 e. The monoisotopic (exact) mass is 1000 g/mol. The van der Waals surface area contributed by atoms with Crippen LogP contribution in [0.25, 0.3) is 93.9 Å². The van der Waals surface area contributed by atoms with Crippen LogP contribution in [0, 0.1) is 0 Å². The van der Waals surface area contributed by atoms with Gasteiger partial charge in [-0.15, -0.1) is 0 Å². The lowest BCUT2D eigenvalue weighted by atomic mass is 9.67. The molecule has 14 aromatic rings. The summed E-state index contributed by atoms with van der Waals surface area (Å²) in [6.45, 7) is 0. The van der Waals surface area contributed by atoms with Crippen molar-refractivity contribution < 1.29 is 0 Å². The second-order valence-corrected chi connectivity index (χ2v) is 20.6. The van der Waals surface area contributed by atoms with E-state index in [1.807, 2.05) is 0 Å². The minimum atomic E-state index is -0.546. The molecule has 370 valence electrons. The summed E-state index contributed by atoms with van der Waals surface area (Å²) in [4.78, 5) is 2.54. The zero-order valence-electron chi connectivity index (χ0n) is 43.4. The zero-order valence-corrected chi connectivity index (χ0v) is 43.4. The minimum absolute atomic E-state index is 0.546. The van der Waals surface area contributed by atoms with Crippen LogP contribution in [-0.4, -0.2) is 4.57 Å². The van der Waals surface area contributed by atoms with Crippen molar-refractivity contribution in [3.8, 4) is 61.3 Å². The van der Waals surface area contributed by atoms with Crippen molar-refractivity contribution in [1.82, 2.24) is 4.57 Å². The number of hydrogen-bond acceptors (Lipinski definition) is 1. The van der Waals surface area contributed by atoms with E-state index in [0.717, 1.165) is 39.4 Å². The van der Waals surface area contributed by atoms with Gasteiger partial charge in [-0.05, 0) is 126 Å². The van der Waals surface area contributed by atoms with Crippen molar-refractivity contribution in [2.45, 2.75) is 5.41 Å². The summed E-state index contributed by atoms with van der Waals surface area (Å²) in [7, 11) is 0. The zero-order chi connectivity index (χ0) is 52.3. The largest absolute Gasteiger partial charge is 0.309 e. The molecule has 0 bridgehead atoms. The van der Waals surface area contributed by atoms with Crippen molar-refractivity contribution in [2.75, 3.05) is 4.90 Å². The number of nitrogens with zero attached hydrogens (tertiary/aromatic N) is 2. The molecule has 2 heteroatoms. The number of aromatic nitrogens is 1. The van der Waals surface area contributed by atoms with Gasteiger partial charge in [0, 0.05) is 33.3 Å². The first-order chi connectivity index (χ1) is 39.3. The second kappa shape index (κ2) is 19.1. The van der Waals surface area contributed by atoms with Gasteiger partial charge in [0.25, 0.3) is 0 Å². The summed E-state index contributed by atoms with van der Waals surface area (Å²) in [5, 5.41) is 4.88. The first-order valence-electron chi connectivity index (χ1n) is 27.3. The molecule has 1 aliphatic rings. The van der Waals surface area contributed by atoms with Gasteiger partial charge in [-0.25, -0.2) is 0 Å². The number of rotatable bonds is 10. The molecule has 1 aromatic heterocycles. The van der Waals surface area contributed by atoms with Crippen molar-refractivity contribution in [3.63, 3.8) is 0 Å². The fourth-order valence-electron chi connectivity index (χ4n) is 13.3. The highest BCUT2D eigenvalue weighted by molar-refractivity contribution is 6.16. The summed E-state index contributed by atoms with van der Waals surface area (Å²) in [6, 6.07) is 116. The average molecular weight is 1010 g/mol. The van der Waals surface area contributed by atoms with Crippen LogP contribution >= 0.6 is 0 Å². The molecule has 0 fully saturated rings. The fraction of sp³-hybridized carbons (Fsp3) is 0.0130. The maximum Gasteiger partial charge on any atom is 0.0713 e. The van der Waals surface area contributed by atoms with E-state index >= 15 is 0 Å². The van der Waals surface area contributed by atoms with E-state index in [0.29, 0.717) is 0 Å². The van der Waals surface area contributed by atoms with E-state index in [9.17, 15) is 0 Å². The summed E-state index contributed by atoms with van der Waals surface area (Å²) in [6.07, 6.45) is 0. The predicted molar refractivity (Wildman–Crippen MR) is 332 cm³/mol. The SMILES string of the molecule is c1ccc(-c2cccc3cccc(-c4ccccc4N(c4cccc(-c5cccc6c5c5ccccc5n6-c5ccccc5)c4)c4ccccc4-c4cccc5c4-c4ccccc4C5(c4ccccc4)c4ccccc4)c23)cc1. The van der Waals surface area contributed by atoms with E-state index in [2.05, 4.69) is 325 Å². The Morgan fingerprint density at radius 1 is 0.291 bits per heavy atom. The number of para-hydroxylation sites is 4. The van der Waals surface area contributed by atoms with Crippen LogP contribution in [0.1, 0.15) is 22.3 Å². The number of benzene rings is 13. The average Bonchev–Trinajstić information content (AvgIpc) is 4.11. The number of fused-ring (bicyclic) bond motifs is 7. The van der Waals surface area contributed by atoms with Gasteiger partial charge in [-0.2, -0.15) is 0 Å².